The van der Waals surface area contributed by atoms with E-state index in [9.17, 15) is 13.2 Å². The van der Waals surface area contributed by atoms with Gasteiger partial charge < -0.3 is 16.2 Å². The summed E-state index contributed by atoms with van der Waals surface area (Å²) in [6.45, 7) is 9.46. The lowest BCUT2D eigenvalue weighted by Crippen LogP contribution is -2.24. The molecule has 8 heteroatoms. The molecule has 2 aromatic carbocycles. The van der Waals surface area contributed by atoms with Crippen LogP contribution < -0.4 is 11.5 Å². The lowest BCUT2D eigenvalue weighted by molar-refractivity contribution is 0.00707. The van der Waals surface area contributed by atoms with Gasteiger partial charge in [-0.05, 0) is 63.9 Å². The number of hydrogen-bond acceptors (Lipinski definition) is 6. The fourth-order valence-corrected chi connectivity index (χ4v) is 3.11. The van der Waals surface area contributed by atoms with Crippen molar-refractivity contribution in [3.8, 4) is 0 Å². The number of ether oxygens (including phenoxy) is 1. The molecule has 0 aliphatic rings. The minimum Gasteiger partial charge on any atom is -0.456 e. The van der Waals surface area contributed by atoms with Gasteiger partial charge in [0.15, 0.2) is 0 Å². The van der Waals surface area contributed by atoms with Crippen LogP contribution in [0.1, 0.15) is 74.5 Å². The summed E-state index contributed by atoms with van der Waals surface area (Å²) in [5.41, 5.74) is 14.3. The number of anilines is 1. The smallest absolute Gasteiger partial charge is 0.340 e. The second-order valence-corrected chi connectivity index (χ2v) is 9.81. The number of hydrogen-bond donors (Lipinski definition) is 3. The number of nitrogen functional groups attached to an aromatic ring is 1. The number of rotatable bonds is 6. The first-order valence-electron chi connectivity index (χ1n) is 10.2. The van der Waals surface area contributed by atoms with E-state index in [-0.39, 0.29) is 10.9 Å². The summed E-state index contributed by atoms with van der Waals surface area (Å²) in [6, 6.07) is 11.3. The molecule has 0 aliphatic heterocycles. The zero-order valence-corrected chi connectivity index (χ0v) is 19.7. The molecule has 1 atom stereocenters. The first-order chi connectivity index (χ1) is 14.2. The molecule has 7 nitrogen and oxygen atoms in total. The Kier molecular flexibility index (Phi) is 9.68. The molecule has 0 bridgehead atoms. The van der Waals surface area contributed by atoms with Crippen molar-refractivity contribution in [2.45, 2.75) is 70.4 Å². The molecular formula is C23H34N2O5S. The first-order valence-corrected chi connectivity index (χ1v) is 11.6. The van der Waals surface area contributed by atoms with Crippen LogP contribution in [0, 0.1) is 6.92 Å². The van der Waals surface area contributed by atoms with Crippen molar-refractivity contribution >= 4 is 21.8 Å². The SMILES string of the molecule is CCCC[C@@H](N)c1ccc(C(=O)OC(C)(C)C)c(N)c1.Cc1ccc(S(=O)(=O)O)cc1. The van der Waals surface area contributed by atoms with Gasteiger partial charge in [0, 0.05) is 11.7 Å². The molecule has 0 unspecified atom stereocenters. The van der Waals surface area contributed by atoms with Gasteiger partial charge in [-0.25, -0.2) is 4.79 Å². The minimum atomic E-state index is -4.02. The molecule has 0 spiro atoms. The van der Waals surface area contributed by atoms with Crippen LogP contribution >= 0.6 is 0 Å². The predicted octanol–water partition coefficient (Wildman–Crippen LogP) is 4.66. The standard InChI is InChI=1S/C16H26N2O2.C7H8O3S/c1-5-6-7-13(17)11-8-9-12(14(18)10-11)15(19)20-16(2,3)4;1-6-2-4-7(5-3-6)11(8,9)10/h8-10,13H,5-7,17-18H2,1-4H3;2-5H,1H3,(H,8,9,10)/t13-;/m1./s1. The second-order valence-electron chi connectivity index (χ2n) is 8.39. The first kappa shape index (κ1) is 26.6. The Balaban J connectivity index is 0.000000367. The summed E-state index contributed by atoms with van der Waals surface area (Å²) in [5.74, 6) is -0.399. The van der Waals surface area contributed by atoms with Crippen LogP contribution in [0.4, 0.5) is 5.69 Å². The minimum absolute atomic E-state index is 0.0371. The molecule has 0 amide bonds. The number of carbonyl (C=O) groups excluding carboxylic acids is 1. The van der Waals surface area contributed by atoms with E-state index >= 15 is 0 Å². The Morgan fingerprint density at radius 3 is 2.16 bits per heavy atom. The Morgan fingerprint density at radius 2 is 1.71 bits per heavy atom. The highest BCUT2D eigenvalue weighted by molar-refractivity contribution is 7.85. The Labute approximate surface area is 185 Å². The van der Waals surface area contributed by atoms with E-state index in [2.05, 4.69) is 6.92 Å². The van der Waals surface area contributed by atoms with Crippen LogP contribution in [0.5, 0.6) is 0 Å². The van der Waals surface area contributed by atoms with Crippen molar-refractivity contribution in [2.75, 3.05) is 5.73 Å². The lowest BCUT2D eigenvalue weighted by Gasteiger charge is -2.20. The van der Waals surface area contributed by atoms with Gasteiger partial charge >= 0.3 is 5.97 Å². The van der Waals surface area contributed by atoms with E-state index in [1.165, 1.54) is 12.1 Å². The zero-order valence-electron chi connectivity index (χ0n) is 18.9. The van der Waals surface area contributed by atoms with Crippen LogP contribution in [0.2, 0.25) is 0 Å². The van der Waals surface area contributed by atoms with E-state index in [1.807, 2.05) is 33.8 Å². The third kappa shape index (κ3) is 9.50. The lowest BCUT2D eigenvalue weighted by atomic mass is 9.99. The van der Waals surface area contributed by atoms with E-state index in [0.717, 1.165) is 30.4 Å². The van der Waals surface area contributed by atoms with Gasteiger partial charge in [-0.15, -0.1) is 0 Å². The Bertz CT molecular complexity index is 964. The molecular weight excluding hydrogens is 416 g/mol. The maximum absolute atomic E-state index is 12.0. The van der Waals surface area contributed by atoms with Gasteiger partial charge in [0.25, 0.3) is 10.1 Å². The van der Waals surface area contributed by atoms with Crippen LogP contribution in [0.25, 0.3) is 0 Å². The molecule has 0 fully saturated rings. The van der Waals surface area contributed by atoms with E-state index in [1.54, 1.807) is 24.3 Å². The van der Waals surface area contributed by atoms with Crippen molar-refractivity contribution in [3.05, 3.63) is 59.2 Å². The second kappa shape index (κ2) is 11.3. The number of esters is 1. The van der Waals surface area contributed by atoms with Crippen molar-refractivity contribution in [2.24, 2.45) is 5.73 Å². The third-order valence-electron chi connectivity index (χ3n) is 4.31. The average Bonchev–Trinajstić information content (AvgIpc) is 2.64. The average molecular weight is 451 g/mol. The number of benzene rings is 2. The summed E-state index contributed by atoms with van der Waals surface area (Å²) in [5, 5.41) is 0. The highest BCUT2D eigenvalue weighted by atomic mass is 32.2. The molecule has 0 aliphatic carbocycles. The zero-order chi connectivity index (χ0) is 23.8. The van der Waals surface area contributed by atoms with Crippen LogP contribution in [-0.2, 0) is 14.9 Å². The molecule has 0 aromatic heterocycles. The maximum Gasteiger partial charge on any atom is 0.340 e. The fraction of sp³-hybridized carbons (Fsp3) is 0.435. The molecule has 2 rings (SSSR count). The Hall–Kier alpha value is -2.42. The van der Waals surface area contributed by atoms with E-state index < -0.39 is 21.7 Å². The largest absolute Gasteiger partial charge is 0.456 e. The van der Waals surface area contributed by atoms with Gasteiger partial charge in [-0.1, -0.05) is 43.5 Å². The number of carbonyl (C=O) groups is 1. The highest BCUT2D eigenvalue weighted by Gasteiger charge is 2.20. The molecule has 0 saturated heterocycles. The number of nitrogens with two attached hydrogens (primary N) is 2. The number of unbranched alkanes of at least 4 members (excludes halogenated alkanes) is 1. The summed E-state index contributed by atoms with van der Waals surface area (Å²) < 4.78 is 34.9. The maximum atomic E-state index is 12.0. The predicted molar refractivity (Wildman–Crippen MR) is 123 cm³/mol. The van der Waals surface area contributed by atoms with Crippen molar-refractivity contribution in [1.29, 1.82) is 0 Å². The van der Waals surface area contributed by atoms with Gasteiger partial charge in [0.05, 0.1) is 10.5 Å². The van der Waals surface area contributed by atoms with Gasteiger partial charge in [0.1, 0.15) is 5.60 Å². The van der Waals surface area contributed by atoms with Crippen molar-refractivity contribution in [3.63, 3.8) is 0 Å². The monoisotopic (exact) mass is 450 g/mol. The van der Waals surface area contributed by atoms with Gasteiger partial charge in [-0.3, -0.25) is 4.55 Å². The molecule has 0 heterocycles. The number of aryl methyl sites for hydroxylation is 1. The van der Waals surface area contributed by atoms with Crippen LogP contribution in [0.15, 0.2) is 47.4 Å². The quantitative estimate of drug-likeness (QED) is 0.331. The van der Waals surface area contributed by atoms with E-state index in [0.29, 0.717) is 11.3 Å². The fourth-order valence-electron chi connectivity index (χ4n) is 2.63. The van der Waals surface area contributed by atoms with Gasteiger partial charge in [0.2, 0.25) is 0 Å². The summed E-state index contributed by atoms with van der Waals surface area (Å²) >= 11 is 0. The summed E-state index contributed by atoms with van der Waals surface area (Å²) in [7, 11) is -4.02. The Morgan fingerprint density at radius 1 is 1.13 bits per heavy atom. The van der Waals surface area contributed by atoms with Gasteiger partial charge in [-0.2, -0.15) is 8.42 Å². The topological polar surface area (TPSA) is 133 Å². The van der Waals surface area contributed by atoms with Crippen molar-refractivity contribution in [1.82, 2.24) is 0 Å². The van der Waals surface area contributed by atoms with Crippen molar-refractivity contribution < 1.29 is 22.5 Å². The van der Waals surface area contributed by atoms with Crippen LogP contribution in [0.3, 0.4) is 0 Å². The normalized spacial score (nSPS) is 12.5. The summed E-state index contributed by atoms with van der Waals surface area (Å²) in [6.07, 6.45) is 3.11. The van der Waals surface area contributed by atoms with E-state index in [4.69, 9.17) is 20.8 Å². The third-order valence-corrected chi connectivity index (χ3v) is 5.18. The molecule has 0 saturated carbocycles. The molecule has 5 N–H and O–H groups in total. The molecule has 0 radical (unpaired) electrons. The summed E-state index contributed by atoms with van der Waals surface area (Å²) in [4.78, 5) is 11.9. The molecule has 2 aromatic rings. The molecule has 31 heavy (non-hydrogen) atoms. The highest BCUT2D eigenvalue weighted by Crippen LogP contribution is 2.23. The van der Waals surface area contributed by atoms with Crippen LogP contribution in [-0.4, -0.2) is 24.5 Å². The molecule has 172 valence electrons.